The average molecular weight is 275 g/mol. The highest BCUT2D eigenvalue weighted by Crippen LogP contribution is 2.32. The minimum absolute atomic E-state index is 0.156. The lowest BCUT2D eigenvalue weighted by Crippen LogP contribution is -2.49. The third kappa shape index (κ3) is 3.33. The Morgan fingerprint density at radius 2 is 2.05 bits per heavy atom. The molecule has 1 fully saturated rings. The lowest BCUT2D eigenvalue weighted by molar-refractivity contribution is 0.0704. The van der Waals surface area contributed by atoms with E-state index in [4.69, 9.17) is 4.74 Å². The Kier molecular flexibility index (Phi) is 5.05. The quantitative estimate of drug-likeness (QED) is 0.756. The predicted molar refractivity (Wildman–Crippen MR) is 81.1 cm³/mol. The van der Waals surface area contributed by atoms with Crippen molar-refractivity contribution in [1.29, 1.82) is 0 Å². The summed E-state index contributed by atoms with van der Waals surface area (Å²) in [6.07, 6.45) is 1.84. The molecular formula is C17H25NO2. The minimum Gasteiger partial charge on any atom is -0.449 e. The summed E-state index contributed by atoms with van der Waals surface area (Å²) in [7, 11) is 0. The van der Waals surface area contributed by atoms with Crippen molar-refractivity contribution < 1.29 is 9.53 Å². The first kappa shape index (κ1) is 14.9. The van der Waals surface area contributed by atoms with E-state index in [1.54, 1.807) is 4.90 Å². The lowest BCUT2D eigenvalue weighted by Gasteiger charge is -2.39. The van der Waals surface area contributed by atoms with Crippen molar-refractivity contribution in [3.63, 3.8) is 0 Å². The molecule has 0 unspecified atom stereocenters. The number of hydrogen-bond acceptors (Lipinski definition) is 2. The van der Waals surface area contributed by atoms with Gasteiger partial charge in [0, 0.05) is 19.0 Å². The first-order chi connectivity index (χ1) is 9.63. The standard InChI is InChI=1S/C17H25NO2/c1-4-5-10-20-17(19)18-11-14(12-18)16-9-7-6-8-15(16)13(2)3/h6-9,13-14H,4-5,10-12H2,1-3H3. The van der Waals surface area contributed by atoms with Crippen LogP contribution in [0.1, 0.15) is 56.6 Å². The number of ether oxygens (including phenoxy) is 1. The Morgan fingerprint density at radius 1 is 1.35 bits per heavy atom. The van der Waals surface area contributed by atoms with Crippen LogP contribution < -0.4 is 0 Å². The predicted octanol–water partition coefficient (Wildman–Crippen LogP) is 4.15. The SMILES string of the molecule is CCCCOC(=O)N1CC(c2ccccc2C(C)C)C1. The van der Waals surface area contributed by atoms with Gasteiger partial charge in [-0.2, -0.15) is 0 Å². The highest BCUT2D eigenvalue weighted by molar-refractivity contribution is 5.69. The molecule has 3 nitrogen and oxygen atoms in total. The van der Waals surface area contributed by atoms with Crippen molar-refractivity contribution in [2.45, 2.75) is 45.4 Å². The Labute approximate surface area is 121 Å². The fraction of sp³-hybridized carbons (Fsp3) is 0.588. The van der Waals surface area contributed by atoms with E-state index in [9.17, 15) is 4.79 Å². The van der Waals surface area contributed by atoms with E-state index in [1.807, 2.05) is 0 Å². The molecule has 1 aliphatic rings. The molecule has 1 aliphatic heterocycles. The molecule has 1 aromatic carbocycles. The van der Waals surface area contributed by atoms with Gasteiger partial charge in [-0.15, -0.1) is 0 Å². The summed E-state index contributed by atoms with van der Waals surface area (Å²) in [5, 5.41) is 0. The van der Waals surface area contributed by atoms with Crippen molar-refractivity contribution in [2.75, 3.05) is 19.7 Å². The molecular weight excluding hydrogens is 250 g/mol. The summed E-state index contributed by atoms with van der Waals surface area (Å²) in [5.41, 5.74) is 2.79. The Hall–Kier alpha value is -1.51. The van der Waals surface area contributed by atoms with Crippen LogP contribution in [0.3, 0.4) is 0 Å². The number of carbonyl (C=O) groups is 1. The van der Waals surface area contributed by atoms with Crippen LogP contribution in [0.5, 0.6) is 0 Å². The van der Waals surface area contributed by atoms with Crippen molar-refractivity contribution in [3.05, 3.63) is 35.4 Å². The molecule has 0 atom stereocenters. The van der Waals surface area contributed by atoms with E-state index in [2.05, 4.69) is 45.0 Å². The van der Waals surface area contributed by atoms with Gasteiger partial charge in [0.25, 0.3) is 0 Å². The van der Waals surface area contributed by atoms with Gasteiger partial charge in [-0.1, -0.05) is 51.5 Å². The van der Waals surface area contributed by atoms with Crippen molar-refractivity contribution in [1.82, 2.24) is 4.90 Å². The first-order valence-electron chi connectivity index (χ1n) is 7.64. The molecule has 3 heteroatoms. The molecule has 0 saturated carbocycles. The van der Waals surface area contributed by atoms with Gasteiger partial charge in [-0.05, 0) is 23.5 Å². The number of amides is 1. The largest absolute Gasteiger partial charge is 0.449 e. The number of nitrogens with zero attached hydrogens (tertiary/aromatic N) is 1. The highest BCUT2D eigenvalue weighted by Gasteiger charge is 2.33. The van der Waals surface area contributed by atoms with Crippen LogP contribution in [0.15, 0.2) is 24.3 Å². The zero-order valence-corrected chi connectivity index (χ0v) is 12.8. The molecule has 1 amide bonds. The van der Waals surface area contributed by atoms with Crippen molar-refractivity contribution in [2.24, 2.45) is 0 Å². The molecule has 110 valence electrons. The Balaban J connectivity index is 1.89. The van der Waals surface area contributed by atoms with Crippen LogP contribution in [0.4, 0.5) is 4.79 Å². The van der Waals surface area contributed by atoms with Crippen molar-refractivity contribution in [3.8, 4) is 0 Å². The molecule has 0 bridgehead atoms. The topological polar surface area (TPSA) is 29.5 Å². The van der Waals surface area contributed by atoms with E-state index in [0.717, 1.165) is 25.9 Å². The van der Waals surface area contributed by atoms with Crippen LogP contribution in [0.25, 0.3) is 0 Å². The van der Waals surface area contributed by atoms with Gasteiger partial charge >= 0.3 is 6.09 Å². The monoisotopic (exact) mass is 275 g/mol. The molecule has 1 aromatic rings. The number of likely N-dealkylation sites (tertiary alicyclic amines) is 1. The van der Waals surface area contributed by atoms with E-state index >= 15 is 0 Å². The third-order valence-corrected chi connectivity index (χ3v) is 3.92. The van der Waals surface area contributed by atoms with E-state index in [1.165, 1.54) is 11.1 Å². The van der Waals surface area contributed by atoms with Gasteiger partial charge in [0.1, 0.15) is 0 Å². The molecule has 1 heterocycles. The second-order valence-electron chi connectivity index (χ2n) is 5.85. The van der Waals surface area contributed by atoms with E-state index in [0.29, 0.717) is 18.4 Å². The summed E-state index contributed by atoms with van der Waals surface area (Å²) >= 11 is 0. The molecule has 0 N–H and O–H groups in total. The molecule has 0 aliphatic carbocycles. The minimum atomic E-state index is -0.156. The first-order valence-corrected chi connectivity index (χ1v) is 7.64. The normalized spacial score (nSPS) is 15.3. The molecule has 0 spiro atoms. The van der Waals surface area contributed by atoms with E-state index < -0.39 is 0 Å². The fourth-order valence-corrected chi connectivity index (χ4v) is 2.63. The number of unbranched alkanes of at least 4 members (excludes halogenated alkanes) is 1. The maximum absolute atomic E-state index is 11.8. The summed E-state index contributed by atoms with van der Waals surface area (Å²) in [5.74, 6) is 0.990. The number of rotatable bonds is 5. The van der Waals surface area contributed by atoms with Gasteiger partial charge in [-0.3, -0.25) is 0 Å². The molecule has 2 rings (SSSR count). The second-order valence-corrected chi connectivity index (χ2v) is 5.85. The summed E-state index contributed by atoms with van der Waals surface area (Å²) < 4.78 is 5.24. The van der Waals surface area contributed by atoms with Gasteiger partial charge in [0.15, 0.2) is 0 Å². The van der Waals surface area contributed by atoms with Crippen LogP contribution in [0, 0.1) is 0 Å². The molecule has 20 heavy (non-hydrogen) atoms. The third-order valence-electron chi connectivity index (χ3n) is 3.92. The maximum Gasteiger partial charge on any atom is 0.409 e. The number of hydrogen-bond donors (Lipinski definition) is 0. The highest BCUT2D eigenvalue weighted by atomic mass is 16.6. The van der Waals surface area contributed by atoms with Gasteiger partial charge in [0.2, 0.25) is 0 Å². The van der Waals surface area contributed by atoms with E-state index in [-0.39, 0.29) is 6.09 Å². The van der Waals surface area contributed by atoms with Gasteiger partial charge in [-0.25, -0.2) is 4.79 Å². The van der Waals surface area contributed by atoms with Gasteiger partial charge < -0.3 is 9.64 Å². The Bertz CT molecular complexity index is 450. The molecule has 0 radical (unpaired) electrons. The zero-order valence-electron chi connectivity index (χ0n) is 12.8. The van der Waals surface area contributed by atoms with Crippen LogP contribution >= 0.6 is 0 Å². The average Bonchev–Trinajstić information content (AvgIpc) is 2.37. The van der Waals surface area contributed by atoms with Crippen LogP contribution in [-0.2, 0) is 4.74 Å². The molecule has 0 aromatic heterocycles. The lowest BCUT2D eigenvalue weighted by atomic mass is 9.85. The maximum atomic E-state index is 11.8. The number of benzene rings is 1. The summed E-state index contributed by atoms with van der Waals surface area (Å²) in [6, 6.07) is 8.57. The number of carbonyl (C=O) groups excluding carboxylic acids is 1. The Morgan fingerprint density at radius 3 is 2.70 bits per heavy atom. The molecule has 1 saturated heterocycles. The smallest absolute Gasteiger partial charge is 0.409 e. The van der Waals surface area contributed by atoms with Crippen LogP contribution in [-0.4, -0.2) is 30.7 Å². The fourth-order valence-electron chi connectivity index (χ4n) is 2.63. The summed E-state index contributed by atoms with van der Waals surface area (Å²) in [6.45, 7) is 8.64. The van der Waals surface area contributed by atoms with Crippen LogP contribution in [0.2, 0.25) is 0 Å². The summed E-state index contributed by atoms with van der Waals surface area (Å²) in [4.78, 5) is 13.6. The second kappa shape index (κ2) is 6.78. The van der Waals surface area contributed by atoms with Crippen molar-refractivity contribution >= 4 is 6.09 Å². The zero-order chi connectivity index (χ0) is 14.5. The van der Waals surface area contributed by atoms with Gasteiger partial charge in [0.05, 0.1) is 6.61 Å².